The van der Waals surface area contributed by atoms with Gasteiger partial charge in [-0.25, -0.2) is 4.98 Å². The van der Waals surface area contributed by atoms with Gasteiger partial charge in [0.25, 0.3) is 5.56 Å². The molecule has 7 nitrogen and oxygen atoms in total. The van der Waals surface area contributed by atoms with Gasteiger partial charge in [0, 0.05) is 10.6 Å². The number of carbonyl (C=O) groups is 1. The molecule has 4 rings (SSSR count). The standard InChI is InChI=1S/C24H23ClN4O3/c1-2-29(14-22-27-20-6-4-3-5-19(20)24(31)28-22)15-23(30)26-13-18-11-12-21(32-18)16-7-9-17(25)10-8-16/h3-12H,2,13-15H2,1H3,(H,26,30)(H,27,28,31). The van der Waals surface area contributed by atoms with E-state index in [1.165, 1.54) is 0 Å². The van der Waals surface area contributed by atoms with Crippen molar-refractivity contribution in [2.24, 2.45) is 0 Å². The van der Waals surface area contributed by atoms with Gasteiger partial charge in [-0.3, -0.25) is 14.5 Å². The zero-order valence-electron chi connectivity index (χ0n) is 17.6. The summed E-state index contributed by atoms with van der Waals surface area (Å²) in [5.74, 6) is 1.76. The molecule has 2 aromatic heterocycles. The highest BCUT2D eigenvalue weighted by molar-refractivity contribution is 6.30. The molecule has 0 aliphatic heterocycles. The zero-order chi connectivity index (χ0) is 22.5. The summed E-state index contributed by atoms with van der Waals surface area (Å²) in [6.07, 6.45) is 0. The van der Waals surface area contributed by atoms with Crippen molar-refractivity contribution in [2.45, 2.75) is 20.0 Å². The number of aromatic amines is 1. The summed E-state index contributed by atoms with van der Waals surface area (Å²) >= 11 is 5.92. The molecule has 2 N–H and O–H groups in total. The number of nitrogens with zero attached hydrogens (tertiary/aromatic N) is 2. The van der Waals surface area contributed by atoms with Crippen molar-refractivity contribution >= 4 is 28.4 Å². The molecule has 1 amide bonds. The van der Waals surface area contributed by atoms with Crippen LogP contribution in [0.25, 0.3) is 22.2 Å². The van der Waals surface area contributed by atoms with Gasteiger partial charge in [-0.15, -0.1) is 0 Å². The highest BCUT2D eigenvalue weighted by atomic mass is 35.5. The number of fused-ring (bicyclic) bond motifs is 1. The Labute approximate surface area is 190 Å². The van der Waals surface area contributed by atoms with E-state index in [-0.39, 0.29) is 24.6 Å². The first-order valence-corrected chi connectivity index (χ1v) is 10.7. The third-order valence-electron chi connectivity index (χ3n) is 5.10. The zero-order valence-corrected chi connectivity index (χ0v) is 18.4. The maximum atomic E-state index is 12.5. The average molecular weight is 451 g/mol. The Morgan fingerprint density at radius 2 is 1.91 bits per heavy atom. The van der Waals surface area contributed by atoms with E-state index in [1.54, 1.807) is 30.3 Å². The Balaban J connectivity index is 1.34. The summed E-state index contributed by atoms with van der Waals surface area (Å²) in [7, 11) is 0. The number of benzene rings is 2. The summed E-state index contributed by atoms with van der Waals surface area (Å²) in [4.78, 5) is 34.0. The Morgan fingerprint density at radius 1 is 1.12 bits per heavy atom. The highest BCUT2D eigenvalue weighted by Crippen LogP contribution is 2.23. The van der Waals surface area contributed by atoms with Crippen molar-refractivity contribution < 1.29 is 9.21 Å². The van der Waals surface area contributed by atoms with Gasteiger partial charge >= 0.3 is 0 Å². The Bertz CT molecular complexity index is 1280. The molecule has 4 aromatic rings. The van der Waals surface area contributed by atoms with Gasteiger partial charge in [0.15, 0.2) is 0 Å². The van der Waals surface area contributed by atoms with Crippen LogP contribution in [0.15, 0.2) is 69.9 Å². The molecule has 0 atom stereocenters. The number of hydrogen-bond acceptors (Lipinski definition) is 5. The summed E-state index contributed by atoms with van der Waals surface area (Å²) in [6.45, 7) is 3.42. The molecule has 0 unspecified atom stereocenters. The van der Waals surface area contributed by atoms with E-state index < -0.39 is 0 Å². The lowest BCUT2D eigenvalue weighted by molar-refractivity contribution is -0.122. The summed E-state index contributed by atoms with van der Waals surface area (Å²) in [6, 6.07) is 18.3. The van der Waals surface area contributed by atoms with Crippen molar-refractivity contribution in [1.82, 2.24) is 20.2 Å². The van der Waals surface area contributed by atoms with Gasteiger partial charge in [-0.05, 0) is 55.1 Å². The van der Waals surface area contributed by atoms with Crippen molar-refractivity contribution in [2.75, 3.05) is 13.1 Å². The van der Waals surface area contributed by atoms with Crippen LogP contribution in [-0.2, 0) is 17.9 Å². The SMILES string of the molecule is CCN(CC(=O)NCc1ccc(-c2ccc(Cl)cc2)o1)Cc1nc2ccccc2c(=O)[nH]1. The van der Waals surface area contributed by atoms with Crippen LogP contribution in [0.3, 0.4) is 0 Å². The molecule has 0 saturated heterocycles. The molecule has 2 heterocycles. The fourth-order valence-electron chi connectivity index (χ4n) is 3.39. The number of H-pyrrole nitrogens is 1. The van der Waals surface area contributed by atoms with Gasteiger partial charge in [0.1, 0.15) is 17.3 Å². The highest BCUT2D eigenvalue weighted by Gasteiger charge is 2.13. The molecule has 0 spiro atoms. The molecular formula is C24H23ClN4O3. The van der Waals surface area contributed by atoms with Crippen LogP contribution in [0.2, 0.25) is 5.02 Å². The van der Waals surface area contributed by atoms with E-state index in [1.807, 2.05) is 42.2 Å². The molecule has 0 bridgehead atoms. The minimum Gasteiger partial charge on any atom is -0.459 e. The lowest BCUT2D eigenvalue weighted by atomic mass is 10.2. The molecule has 0 saturated carbocycles. The predicted octanol–water partition coefficient (Wildman–Crippen LogP) is 3.97. The van der Waals surface area contributed by atoms with Gasteiger partial charge in [-0.1, -0.05) is 30.7 Å². The second kappa shape index (κ2) is 9.80. The monoisotopic (exact) mass is 450 g/mol. The predicted molar refractivity (Wildman–Crippen MR) is 124 cm³/mol. The third kappa shape index (κ3) is 5.25. The summed E-state index contributed by atoms with van der Waals surface area (Å²) < 4.78 is 5.82. The smallest absolute Gasteiger partial charge is 0.258 e. The number of aromatic nitrogens is 2. The number of rotatable bonds is 8. The van der Waals surface area contributed by atoms with E-state index >= 15 is 0 Å². The van der Waals surface area contributed by atoms with Crippen LogP contribution >= 0.6 is 11.6 Å². The molecule has 8 heteroatoms. The van der Waals surface area contributed by atoms with Crippen molar-refractivity contribution in [1.29, 1.82) is 0 Å². The fourth-order valence-corrected chi connectivity index (χ4v) is 3.51. The number of amides is 1. The maximum Gasteiger partial charge on any atom is 0.258 e. The van der Waals surface area contributed by atoms with Crippen molar-refractivity contribution in [3.05, 3.63) is 87.6 Å². The lowest BCUT2D eigenvalue weighted by Gasteiger charge is -2.19. The van der Waals surface area contributed by atoms with Crippen LogP contribution in [0, 0.1) is 0 Å². The Kier molecular flexibility index (Phi) is 6.68. The number of nitrogens with one attached hydrogen (secondary N) is 2. The van der Waals surface area contributed by atoms with Crippen LogP contribution in [0.5, 0.6) is 0 Å². The second-order valence-electron chi connectivity index (χ2n) is 7.38. The first-order valence-electron chi connectivity index (χ1n) is 10.3. The molecular weight excluding hydrogens is 428 g/mol. The largest absolute Gasteiger partial charge is 0.459 e. The van der Waals surface area contributed by atoms with Gasteiger partial charge in [0.05, 0.1) is 30.5 Å². The molecule has 0 fully saturated rings. The minimum atomic E-state index is -0.180. The molecule has 0 aliphatic carbocycles. The van der Waals surface area contributed by atoms with Gasteiger partial charge < -0.3 is 14.7 Å². The molecule has 0 aliphatic rings. The minimum absolute atomic E-state index is 0.139. The summed E-state index contributed by atoms with van der Waals surface area (Å²) in [5, 5.41) is 4.09. The number of furan rings is 1. The number of carbonyl (C=O) groups excluding carboxylic acids is 1. The van der Waals surface area contributed by atoms with E-state index in [0.29, 0.717) is 46.4 Å². The number of likely N-dealkylation sites (N-methyl/N-ethyl adjacent to an activating group) is 1. The fraction of sp³-hybridized carbons (Fsp3) is 0.208. The number of halogens is 1. The Morgan fingerprint density at radius 3 is 2.69 bits per heavy atom. The van der Waals surface area contributed by atoms with Crippen LogP contribution in [-0.4, -0.2) is 33.9 Å². The number of para-hydroxylation sites is 1. The first-order chi connectivity index (χ1) is 15.5. The van der Waals surface area contributed by atoms with Crippen molar-refractivity contribution in [3.63, 3.8) is 0 Å². The molecule has 32 heavy (non-hydrogen) atoms. The van der Waals surface area contributed by atoms with Gasteiger partial charge in [0.2, 0.25) is 5.91 Å². The molecule has 164 valence electrons. The summed E-state index contributed by atoms with van der Waals surface area (Å²) in [5.41, 5.74) is 1.38. The van der Waals surface area contributed by atoms with E-state index in [2.05, 4.69) is 15.3 Å². The van der Waals surface area contributed by atoms with E-state index in [0.717, 1.165) is 5.56 Å². The first kappa shape index (κ1) is 21.8. The van der Waals surface area contributed by atoms with Crippen LogP contribution < -0.4 is 10.9 Å². The topological polar surface area (TPSA) is 91.2 Å². The third-order valence-corrected chi connectivity index (χ3v) is 5.35. The molecule has 2 aromatic carbocycles. The van der Waals surface area contributed by atoms with Gasteiger partial charge in [-0.2, -0.15) is 0 Å². The van der Waals surface area contributed by atoms with E-state index in [9.17, 15) is 9.59 Å². The Hall–Kier alpha value is -3.42. The average Bonchev–Trinajstić information content (AvgIpc) is 3.27. The lowest BCUT2D eigenvalue weighted by Crippen LogP contribution is -2.37. The second-order valence-corrected chi connectivity index (χ2v) is 7.82. The number of hydrogen-bond donors (Lipinski definition) is 2. The maximum absolute atomic E-state index is 12.5. The van der Waals surface area contributed by atoms with Crippen LogP contribution in [0.4, 0.5) is 0 Å². The normalized spacial score (nSPS) is 11.2. The van der Waals surface area contributed by atoms with Crippen molar-refractivity contribution in [3.8, 4) is 11.3 Å². The van der Waals surface area contributed by atoms with Crippen LogP contribution in [0.1, 0.15) is 18.5 Å². The quantitative estimate of drug-likeness (QED) is 0.423. The molecule has 0 radical (unpaired) electrons. The van der Waals surface area contributed by atoms with E-state index in [4.69, 9.17) is 16.0 Å².